The smallest absolute Gasteiger partial charge is 0.307 e. The minimum atomic E-state index is -4.02. The van der Waals surface area contributed by atoms with E-state index in [-0.39, 0.29) is 60.5 Å². The standard InChI is InChI=1S/C29H47N7O6S/c1-3-42-26(38)11-15-32-25(37)10-9-21-12-16-36(17-13-21)28(39)23(7-5-14-33-29(30)31)35-43(40,41)24-8-4-6-22-18-20(2)19-34-27(22)24/h4,6,8,20-21,23,34-35H,3,5,7,9-19H2,1-2H3,(H,32,37)(H4,30,31,33)/t20?,23-/m0/s1. The van der Waals surface area contributed by atoms with Crippen LogP contribution in [0, 0.1) is 11.8 Å². The summed E-state index contributed by atoms with van der Waals surface area (Å²) >= 11 is 0. The average Bonchev–Trinajstić information content (AvgIpc) is 2.97. The summed E-state index contributed by atoms with van der Waals surface area (Å²) in [5.41, 5.74) is 12.4. The van der Waals surface area contributed by atoms with E-state index in [1.807, 2.05) is 6.07 Å². The predicted molar refractivity (Wildman–Crippen MR) is 165 cm³/mol. The first-order chi connectivity index (χ1) is 20.5. The molecule has 3 rings (SSSR count). The summed E-state index contributed by atoms with van der Waals surface area (Å²) in [6.07, 6.45) is 4.00. The van der Waals surface area contributed by atoms with Crippen LogP contribution in [0.1, 0.15) is 64.4 Å². The number of nitrogens with two attached hydrogens (primary N) is 2. The van der Waals surface area contributed by atoms with E-state index in [9.17, 15) is 22.8 Å². The molecule has 7 N–H and O–H groups in total. The molecule has 2 aliphatic heterocycles. The van der Waals surface area contributed by atoms with E-state index in [4.69, 9.17) is 16.2 Å². The number of para-hydroxylation sites is 1. The van der Waals surface area contributed by atoms with E-state index in [2.05, 4.69) is 27.3 Å². The zero-order chi connectivity index (χ0) is 31.4. The summed E-state index contributed by atoms with van der Waals surface area (Å²) in [5, 5.41) is 6.00. The lowest BCUT2D eigenvalue weighted by atomic mass is 9.91. The number of carbonyl (C=O) groups excluding carboxylic acids is 3. The molecule has 0 aromatic heterocycles. The van der Waals surface area contributed by atoms with Crippen LogP contribution >= 0.6 is 0 Å². The molecule has 0 aliphatic carbocycles. The van der Waals surface area contributed by atoms with Crippen molar-refractivity contribution in [3.8, 4) is 0 Å². The Labute approximate surface area is 254 Å². The van der Waals surface area contributed by atoms with Crippen LogP contribution in [0.5, 0.6) is 0 Å². The highest BCUT2D eigenvalue weighted by molar-refractivity contribution is 7.89. The number of sulfonamides is 1. The topological polar surface area (TPSA) is 198 Å². The number of hydrogen-bond acceptors (Lipinski definition) is 8. The van der Waals surface area contributed by atoms with E-state index in [0.717, 1.165) is 12.0 Å². The lowest BCUT2D eigenvalue weighted by molar-refractivity contribution is -0.143. The third-order valence-electron chi connectivity index (χ3n) is 7.80. The van der Waals surface area contributed by atoms with Crippen molar-refractivity contribution in [1.82, 2.24) is 14.9 Å². The van der Waals surface area contributed by atoms with Gasteiger partial charge in [-0.05, 0) is 68.9 Å². The average molecular weight is 622 g/mol. The number of piperidine rings is 1. The number of rotatable bonds is 15. The van der Waals surface area contributed by atoms with Crippen molar-refractivity contribution in [2.45, 2.75) is 76.2 Å². The molecular formula is C29H47N7O6S. The molecular weight excluding hydrogens is 574 g/mol. The monoisotopic (exact) mass is 621 g/mol. The summed E-state index contributed by atoms with van der Waals surface area (Å²) < 4.78 is 34.8. The molecule has 1 saturated heterocycles. The highest BCUT2D eigenvalue weighted by atomic mass is 32.2. The second-order valence-electron chi connectivity index (χ2n) is 11.3. The maximum Gasteiger partial charge on any atom is 0.307 e. The zero-order valence-electron chi connectivity index (χ0n) is 25.3. The van der Waals surface area contributed by atoms with Gasteiger partial charge in [-0.1, -0.05) is 19.1 Å². The fourth-order valence-corrected chi connectivity index (χ4v) is 6.96. The molecule has 1 aromatic carbocycles. The van der Waals surface area contributed by atoms with E-state index in [1.54, 1.807) is 24.0 Å². The maximum absolute atomic E-state index is 13.7. The maximum atomic E-state index is 13.7. The predicted octanol–water partition coefficient (Wildman–Crippen LogP) is 1.08. The number of aliphatic imine (C=N–C) groups is 1. The van der Waals surface area contributed by atoms with Gasteiger partial charge in [-0.2, -0.15) is 4.72 Å². The van der Waals surface area contributed by atoms with Gasteiger partial charge in [0.05, 0.1) is 18.7 Å². The van der Waals surface area contributed by atoms with Gasteiger partial charge in [0, 0.05) is 39.1 Å². The molecule has 240 valence electrons. The minimum Gasteiger partial charge on any atom is -0.466 e. The van der Waals surface area contributed by atoms with E-state index in [0.29, 0.717) is 70.0 Å². The second kappa shape index (κ2) is 16.5. The number of hydrogen-bond donors (Lipinski definition) is 5. The van der Waals surface area contributed by atoms with Gasteiger partial charge >= 0.3 is 5.97 Å². The molecule has 2 aliphatic rings. The van der Waals surface area contributed by atoms with Gasteiger partial charge in [0.1, 0.15) is 10.9 Å². The number of likely N-dealkylation sites (tertiary alicyclic amines) is 1. The number of esters is 1. The van der Waals surface area contributed by atoms with E-state index in [1.165, 1.54) is 0 Å². The fraction of sp³-hybridized carbons (Fsp3) is 0.655. The Morgan fingerprint density at radius 3 is 2.63 bits per heavy atom. The van der Waals surface area contributed by atoms with Gasteiger partial charge in [-0.25, -0.2) is 8.42 Å². The molecule has 0 bridgehead atoms. The number of benzene rings is 1. The SMILES string of the molecule is CCOC(=O)CCNC(=O)CCC1CCN(C(=O)[C@H](CCCN=C(N)N)NS(=O)(=O)c2cccc3c2NCC(C)C3)CC1. The van der Waals surface area contributed by atoms with Crippen LogP contribution in [-0.4, -0.2) is 82.4 Å². The Bertz CT molecular complexity index is 1240. The van der Waals surface area contributed by atoms with Gasteiger partial charge in [-0.3, -0.25) is 19.4 Å². The molecule has 2 amide bonds. The summed E-state index contributed by atoms with van der Waals surface area (Å²) in [7, 11) is -4.02. The fourth-order valence-electron chi connectivity index (χ4n) is 5.51. The van der Waals surface area contributed by atoms with Crippen molar-refractivity contribution < 1.29 is 27.5 Å². The molecule has 0 saturated carbocycles. The number of nitrogens with zero attached hydrogens (tertiary/aromatic N) is 2. The van der Waals surface area contributed by atoms with Crippen LogP contribution in [0.3, 0.4) is 0 Å². The number of anilines is 1. The molecule has 2 heterocycles. The van der Waals surface area contributed by atoms with Crippen molar-refractivity contribution in [2.24, 2.45) is 28.3 Å². The first-order valence-electron chi connectivity index (χ1n) is 15.1. The highest BCUT2D eigenvalue weighted by Crippen LogP contribution is 2.31. The summed E-state index contributed by atoms with van der Waals surface area (Å²) in [6.45, 7) is 6.28. The minimum absolute atomic E-state index is 0.0607. The van der Waals surface area contributed by atoms with Crippen molar-refractivity contribution in [2.75, 3.05) is 44.6 Å². The summed E-state index contributed by atoms with van der Waals surface area (Å²) in [4.78, 5) is 43.1. The zero-order valence-corrected chi connectivity index (χ0v) is 26.1. The van der Waals surface area contributed by atoms with Gasteiger partial charge in [0.2, 0.25) is 21.8 Å². The quantitative estimate of drug-likeness (QED) is 0.0823. The van der Waals surface area contributed by atoms with Crippen molar-refractivity contribution >= 4 is 39.5 Å². The number of guanidine groups is 1. The molecule has 14 heteroatoms. The molecule has 1 fully saturated rings. The number of amides is 2. The third kappa shape index (κ3) is 10.7. The Balaban J connectivity index is 1.58. The van der Waals surface area contributed by atoms with Crippen LogP contribution in [0.4, 0.5) is 5.69 Å². The Morgan fingerprint density at radius 2 is 1.93 bits per heavy atom. The van der Waals surface area contributed by atoms with Crippen molar-refractivity contribution in [3.05, 3.63) is 23.8 Å². The number of carbonyl (C=O) groups is 3. The number of nitrogens with one attached hydrogen (secondary N) is 3. The van der Waals surface area contributed by atoms with Crippen molar-refractivity contribution in [1.29, 1.82) is 0 Å². The lowest BCUT2D eigenvalue weighted by Gasteiger charge is -2.34. The Kier molecular flexibility index (Phi) is 13.1. The molecule has 1 unspecified atom stereocenters. The molecule has 2 atom stereocenters. The molecule has 0 radical (unpaired) electrons. The Morgan fingerprint density at radius 1 is 1.19 bits per heavy atom. The highest BCUT2D eigenvalue weighted by Gasteiger charge is 2.33. The van der Waals surface area contributed by atoms with Crippen LogP contribution < -0.4 is 26.8 Å². The van der Waals surface area contributed by atoms with Crippen LogP contribution in [-0.2, 0) is 35.6 Å². The first-order valence-corrected chi connectivity index (χ1v) is 16.6. The third-order valence-corrected chi connectivity index (χ3v) is 9.32. The van der Waals surface area contributed by atoms with Gasteiger partial charge in [0.25, 0.3) is 0 Å². The molecule has 0 spiro atoms. The summed E-state index contributed by atoms with van der Waals surface area (Å²) in [6, 6.07) is 4.24. The lowest BCUT2D eigenvalue weighted by Crippen LogP contribution is -2.50. The van der Waals surface area contributed by atoms with Crippen LogP contribution in [0.25, 0.3) is 0 Å². The first kappa shape index (κ1) is 34.1. The number of ether oxygens (including phenoxy) is 1. The van der Waals surface area contributed by atoms with E-state index >= 15 is 0 Å². The van der Waals surface area contributed by atoms with Gasteiger partial charge < -0.3 is 31.7 Å². The Hall–Kier alpha value is -3.39. The van der Waals surface area contributed by atoms with Gasteiger partial charge in [-0.15, -0.1) is 0 Å². The van der Waals surface area contributed by atoms with Gasteiger partial charge in [0.15, 0.2) is 5.96 Å². The number of fused-ring (bicyclic) bond motifs is 1. The second-order valence-corrected chi connectivity index (χ2v) is 13.0. The summed E-state index contributed by atoms with van der Waals surface area (Å²) in [5.74, 6) is -0.154. The van der Waals surface area contributed by atoms with E-state index < -0.39 is 16.1 Å². The molecule has 43 heavy (non-hydrogen) atoms. The largest absolute Gasteiger partial charge is 0.466 e. The van der Waals surface area contributed by atoms with Crippen molar-refractivity contribution in [3.63, 3.8) is 0 Å². The molecule has 1 aromatic rings. The normalized spacial score (nSPS) is 17.7. The molecule has 13 nitrogen and oxygen atoms in total. The van der Waals surface area contributed by atoms with Crippen LogP contribution in [0.15, 0.2) is 28.1 Å². The van der Waals surface area contributed by atoms with Crippen LogP contribution in [0.2, 0.25) is 0 Å².